The minimum absolute atomic E-state index is 0.00795. The molecule has 2 atom stereocenters. The molecule has 0 unspecified atom stereocenters. The van der Waals surface area contributed by atoms with Crippen molar-refractivity contribution in [3.05, 3.63) is 76.3 Å². The summed E-state index contributed by atoms with van der Waals surface area (Å²) in [5.41, 5.74) is 2.90. The molecule has 0 radical (unpaired) electrons. The number of hydrogen-bond acceptors (Lipinski definition) is 3. The van der Waals surface area contributed by atoms with E-state index in [1.165, 1.54) is 18.0 Å². The van der Waals surface area contributed by atoms with Gasteiger partial charge >= 0.3 is 0 Å². The lowest BCUT2D eigenvalue weighted by molar-refractivity contribution is 0.416. The molecule has 0 fully saturated rings. The largest absolute Gasteiger partial charge is 0.348 e. The van der Waals surface area contributed by atoms with E-state index in [2.05, 4.69) is 53.5 Å². The molecule has 0 spiro atoms. The minimum atomic E-state index is -0.320. The monoisotopic (exact) mass is 370 g/mol. The second-order valence-electron chi connectivity index (χ2n) is 6.93. The van der Waals surface area contributed by atoms with E-state index in [0.29, 0.717) is 28.9 Å². The van der Waals surface area contributed by atoms with Crippen LogP contribution in [0, 0.1) is 5.82 Å². The predicted octanol–water partition coefficient (Wildman–Crippen LogP) is 5.34. The molecule has 4 rings (SSSR count). The van der Waals surface area contributed by atoms with Gasteiger partial charge in [0.1, 0.15) is 12.1 Å². The number of benzene rings is 2. The zero-order valence-corrected chi connectivity index (χ0v) is 15.4. The molecule has 0 amide bonds. The highest BCUT2D eigenvalue weighted by Crippen LogP contribution is 2.40. The Hall–Kier alpha value is -2.40. The third-order valence-electron chi connectivity index (χ3n) is 4.97. The first kappa shape index (κ1) is 17.0. The smallest absolute Gasteiger partial charge is 0.222 e. The van der Waals surface area contributed by atoms with E-state index in [1.54, 1.807) is 16.8 Å². The molecule has 0 saturated carbocycles. The van der Waals surface area contributed by atoms with Crippen molar-refractivity contribution in [3.8, 4) is 0 Å². The van der Waals surface area contributed by atoms with Crippen LogP contribution in [-0.2, 0) is 0 Å². The number of aromatic nitrogens is 3. The van der Waals surface area contributed by atoms with Gasteiger partial charge in [-0.05, 0) is 35.6 Å². The number of nitrogens with zero attached hydrogens (tertiary/aromatic N) is 3. The lowest BCUT2D eigenvalue weighted by Crippen LogP contribution is -2.28. The molecule has 2 heterocycles. The zero-order valence-electron chi connectivity index (χ0n) is 14.7. The van der Waals surface area contributed by atoms with Crippen LogP contribution in [0.25, 0.3) is 0 Å². The maximum atomic E-state index is 14.5. The molecule has 0 aliphatic carbocycles. The average Bonchev–Trinajstić information content (AvgIpc) is 3.10. The van der Waals surface area contributed by atoms with Crippen LogP contribution < -0.4 is 5.32 Å². The molecule has 6 heteroatoms. The maximum Gasteiger partial charge on any atom is 0.222 e. The molecule has 3 aromatic rings. The van der Waals surface area contributed by atoms with E-state index in [-0.39, 0.29) is 17.9 Å². The first-order valence-electron chi connectivity index (χ1n) is 8.74. The molecule has 1 aromatic heterocycles. The predicted molar refractivity (Wildman–Crippen MR) is 101 cm³/mol. The van der Waals surface area contributed by atoms with Gasteiger partial charge in [-0.1, -0.05) is 55.8 Å². The summed E-state index contributed by atoms with van der Waals surface area (Å²) in [6.45, 7) is 4.35. The van der Waals surface area contributed by atoms with Gasteiger partial charge < -0.3 is 5.32 Å². The molecular formula is C20H20ClFN4. The normalized spacial score (nSPS) is 19.3. The summed E-state index contributed by atoms with van der Waals surface area (Å²) in [6.07, 6.45) is 2.12. The van der Waals surface area contributed by atoms with Gasteiger partial charge in [-0.15, -0.1) is 0 Å². The standard InChI is InChI=1S/C20H20ClFN4/c1-12(2)13-6-8-14(9-7-13)17-10-18(26-20(25-17)23-11-24-26)19-15(21)4-3-5-16(19)22/h3-9,11-12,17-18H,10H2,1-2H3,(H,23,24,25)/t17-,18+/m0/s1. The molecule has 0 bridgehead atoms. The topological polar surface area (TPSA) is 42.7 Å². The van der Waals surface area contributed by atoms with Gasteiger partial charge in [-0.3, -0.25) is 0 Å². The minimum Gasteiger partial charge on any atom is -0.348 e. The molecule has 1 N–H and O–H groups in total. The first-order valence-corrected chi connectivity index (χ1v) is 9.12. The Morgan fingerprint density at radius 2 is 1.96 bits per heavy atom. The van der Waals surface area contributed by atoms with Gasteiger partial charge in [-0.2, -0.15) is 10.1 Å². The second-order valence-corrected chi connectivity index (χ2v) is 7.34. The molecule has 2 aromatic carbocycles. The second kappa shape index (κ2) is 6.72. The van der Waals surface area contributed by atoms with Crippen LogP contribution in [0.2, 0.25) is 5.02 Å². The van der Waals surface area contributed by atoms with E-state index in [4.69, 9.17) is 11.6 Å². The SMILES string of the molecule is CC(C)c1ccc([C@@H]2C[C@H](c3c(F)cccc3Cl)n3ncnc3N2)cc1. The molecule has 134 valence electrons. The van der Waals surface area contributed by atoms with Crippen molar-refractivity contribution in [2.75, 3.05) is 5.32 Å². The van der Waals surface area contributed by atoms with Crippen molar-refractivity contribution in [1.82, 2.24) is 14.8 Å². The van der Waals surface area contributed by atoms with Crippen LogP contribution >= 0.6 is 11.6 Å². The van der Waals surface area contributed by atoms with Crippen LogP contribution in [0.3, 0.4) is 0 Å². The summed E-state index contributed by atoms with van der Waals surface area (Å²) in [6, 6.07) is 13.0. The lowest BCUT2D eigenvalue weighted by atomic mass is 9.91. The Morgan fingerprint density at radius 3 is 2.65 bits per heavy atom. The molecule has 26 heavy (non-hydrogen) atoms. The summed E-state index contributed by atoms with van der Waals surface area (Å²) in [7, 11) is 0. The molecule has 1 aliphatic heterocycles. The van der Waals surface area contributed by atoms with E-state index in [9.17, 15) is 4.39 Å². The van der Waals surface area contributed by atoms with Crippen molar-refractivity contribution >= 4 is 17.5 Å². The average molecular weight is 371 g/mol. The van der Waals surface area contributed by atoms with Crippen molar-refractivity contribution < 1.29 is 4.39 Å². The van der Waals surface area contributed by atoms with Gasteiger partial charge in [-0.25, -0.2) is 9.07 Å². The van der Waals surface area contributed by atoms with Crippen LogP contribution in [0.1, 0.15) is 55.0 Å². The van der Waals surface area contributed by atoms with Gasteiger partial charge in [0.2, 0.25) is 5.95 Å². The maximum absolute atomic E-state index is 14.5. The van der Waals surface area contributed by atoms with Gasteiger partial charge in [0.05, 0.1) is 12.1 Å². The number of nitrogens with one attached hydrogen (secondary N) is 1. The number of hydrogen-bond donors (Lipinski definition) is 1. The van der Waals surface area contributed by atoms with Gasteiger partial charge in [0, 0.05) is 10.6 Å². The van der Waals surface area contributed by atoms with Crippen molar-refractivity contribution in [1.29, 1.82) is 0 Å². The van der Waals surface area contributed by atoms with Crippen LogP contribution in [0.4, 0.5) is 10.3 Å². The molecule has 1 aliphatic rings. The third-order valence-corrected chi connectivity index (χ3v) is 5.30. The fraction of sp³-hybridized carbons (Fsp3) is 0.300. The van der Waals surface area contributed by atoms with Crippen molar-refractivity contribution in [2.24, 2.45) is 0 Å². The molecular weight excluding hydrogens is 351 g/mol. The summed E-state index contributed by atoms with van der Waals surface area (Å²) in [5.74, 6) is 0.787. The zero-order chi connectivity index (χ0) is 18.3. The Balaban J connectivity index is 1.73. The number of rotatable bonds is 3. The van der Waals surface area contributed by atoms with Crippen LogP contribution in [-0.4, -0.2) is 14.8 Å². The summed E-state index contributed by atoms with van der Waals surface area (Å²) in [4.78, 5) is 4.29. The van der Waals surface area contributed by atoms with Crippen LogP contribution in [0.15, 0.2) is 48.8 Å². The van der Waals surface area contributed by atoms with Gasteiger partial charge in [0.25, 0.3) is 0 Å². The Labute approximate surface area is 157 Å². The van der Waals surface area contributed by atoms with E-state index in [1.807, 2.05) is 0 Å². The van der Waals surface area contributed by atoms with E-state index < -0.39 is 0 Å². The highest BCUT2D eigenvalue weighted by Gasteiger charge is 2.32. The lowest BCUT2D eigenvalue weighted by Gasteiger charge is -2.32. The van der Waals surface area contributed by atoms with E-state index in [0.717, 1.165) is 5.56 Å². The Bertz CT molecular complexity index is 900. The van der Waals surface area contributed by atoms with Gasteiger partial charge in [0.15, 0.2) is 0 Å². The number of halogens is 2. The number of anilines is 1. The van der Waals surface area contributed by atoms with Crippen molar-refractivity contribution in [2.45, 2.75) is 38.3 Å². The molecule has 4 nitrogen and oxygen atoms in total. The highest BCUT2D eigenvalue weighted by molar-refractivity contribution is 6.31. The summed E-state index contributed by atoms with van der Waals surface area (Å²) >= 11 is 6.32. The van der Waals surface area contributed by atoms with Crippen LogP contribution in [0.5, 0.6) is 0 Å². The third kappa shape index (κ3) is 2.97. The van der Waals surface area contributed by atoms with E-state index >= 15 is 0 Å². The fourth-order valence-electron chi connectivity index (χ4n) is 3.52. The highest BCUT2D eigenvalue weighted by atomic mass is 35.5. The number of fused-ring (bicyclic) bond motifs is 1. The first-order chi connectivity index (χ1) is 12.5. The fourth-order valence-corrected chi connectivity index (χ4v) is 3.81. The van der Waals surface area contributed by atoms with Crippen molar-refractivity contribution in [3.63, 3.8) is 0 Å². The summed E-state index contributed by atoms with van der Waals surface area (Å²) in [5, 5.41) is 8.09. The quantitative estimate of drug-likeness (QED) is 0.676. The summed E-state index contributed by atoms with van der Waals surface area (Å²) < 4.78 is 16.3. The Morgan fingerprint density at radius 1 is 1.19 bits per heavy atom. The Kier molecular flexibility index (Phi) is 4.41. The molecule has 0 saturated heterocycles.